The molecule has 0 unspecified atom stereocenters. The van der Waals surface area contributed by atoms with Crippen LogP contribution in [-0.2, 0) is 0 Å². The van der Waals surface area contributed by atoms with Crippen LogP contribution in [0, 0.1) is 0 Å². The van der Waals surface area contributed by atoms with Gasteiger partial charge in [0.2, 0.25) is 0 Å². The first-order chi connectivity index (χ1) is 28.3. The summed E-state index contributed by atoms with van der Waals surface area (Å²) in [5.41, 5.74) is 15.2. The van der Waals surface area contributed by atoms with Gasteiger partial charge in [-0.05, 0) is 113 Å². The summed E-state index contributed by atoms with van der Waals surface area (Å²) < 4.78 is 4.74. The molecule has 0 aliphatic heterocycles. The Balaban J connectivity index is 1.01. The Morgan fingerprint density at radius 2 is 0.667 bits per heavy atom. The lowest BCUT2D eigenvalue weighted by molar-refractivity contribution is 1.17. The number of para-hydroxylation sites is 4. The van der Waals surface area contributed by atoms with Crippen molar-refractivity contribution in [3.63, 3.8) is 0 Å². The Morgan fingerprint density at radius 3 is 1.28 bits per heavy atom. The van der Waals surface area contributed by atoms with Crippen molar-refractivity contribution in [3.8, 4) is 33.6 Å². The summed E-state index contributed by atoms with van der Waals surface area (Å²) in [6, 6.07) is 81.0. The molecule has 3 heteroatoms. The van der Waals surface area contributed by atoms with Gasteiger partial charge in [0.05, 0.1) is 22.1 Å². The molecular formula is C54H37N3. The lowest BCUT2D eigenvalue weighted by Crippen LogP contribution is -2.10. The van der Waals surface area contributed by atoms with Crippen molar-refractivity contribution in [2.45, 2.75) is 0 Å². The van der Waals surface area contributed by atoms with E-state index in [0.717, 1.165) is 22.7 Å². The van der Waals surface area contributed by atoms with Crippen LogP contribution in [0.1, 0.15) is 0 Å². The van der Waals surface area contributed by atoms with Crippen molar-refractivity contribution in [2.24, 2.45) is 0 Å². The van der Waals surface area contributed by atoms with Crippen molar-refractivity contribution in [1.82, 2.24) is 9.13 Å². The van der Waals surface area contributed by atoms with Gasteiger partial charge >= 0.3 is 0 Å². The minimum absolute atomic E-state index is 1.09. The monoisotopic (exact) mass is 727 g/mol. The summed E-state index contributed by atoms with van der Waals surface area (Å²) in [5, 5.41) is 5.03. The number of fused-ring (bicyclic) bond motifs is 6. The molecule has 0 aliphatic carbocycles. The molecule has 0 saturated carbocycles. The summed E-state index contributed by atoms with van der Waals surface area (Å²) in [6.07, 6.45) is 0. The van der Waals surface area contributed by atoms with Crippen LogP contribution in [0.15, 0.2) is 224 Å². The fraction of sp³-hybridized carbons (Fsp3) is 0. The summed E-state index contributed by atoms with van der Waals surface area (Å²) in [4.78, 5) is 2.36. The van der Waals surface area contributed by atoms with Crippen LogP contribution in [0.5, 0.6) is 0 Å². The molecule has 9 aromatic carbocycles. The van der Waals surface area contributed by atoms with E-state index in [0.29, 0.717) is 0 Å². The number of nitrogens with zero attached hydrogens (tertiary/aromatic N) is 3. The zero-order valence-electron chi connectivity index (χ0n) is 31.2. The van der Waals surface area contributed by atoms with Gasteiger partial charge in [-0.1, -0.05) is 133 Å². The number of aromatic nitrogens is 2. The molecule has 0 bridgehead atoms. The highest BCUT2D eigenvalue weighted by Gasteiger charge is 2.17. The highest BCUT2D eigenvalue weighted by molar-refractivity contribution is 6.11. The van der Waals surface area contributed by atoms with Gasteiger partial charge in [-0.15, -0.1) is 0 Å². The van der Waals surface area contributed by atoms with Crippen molar-refractivity contribution in [1.29, 1.82) is 0 Å². The Bertz CT molecular complexity index is 3160. The number of hydrogen-bond acceptors (Lipinski definition) is 1. The standard InChI is InChI=1S/C54H37N3/c1-3-14-38(15-4-1)40-16-13-19-46(36-40)55(44-31-33-45(34-32-44)57-51-23-10-7-20-47(51)48-21-8-11-24-52(48)57)43-29-26-39(27-30-43)41-28-35-54-50(37-41)49-22-9-12-25-53(49)56(54)42-17-5-2-6-18-42/h1-37H. The van der Waals surface area contributed by atoms with E-state index in [1.165, 1.54) is 71.6 Å². The lowest BCUT2D eigenvalue weighted by Gasteiger charge is -2.26. The second kappa shape index (κ2) is 13.6. The lowest BCUT2D eigenvalue weighted by atomic mass is 10.0. The zero-order valence-corrected chi connectivity index (χ0v) is 31.2. The van der Waals surface area contributed by atoms with Gasteiger partial charge in [-0.2, -0.15) is 0 Å². The van der Waals surface area contributed by atoms with Crippen LogP contribution < -0.4 is 4.90 Å². The maximum Gasteiger partial charge on any atom is 0.0541 e. The molecule has 0 saturated heterocycles. The molecule has 0 amide bonds. The third-order valence-corrected chi connectivity index (χ3v) is 11.3. The van der Waals surface area contributed by atoms with Crippen molar-refractivity contribution >= 4 is 60.7 Å². The van der Waals surface area contributed by atoms with Gasteiger partial charge in [0, 0.05) is 50.0 Å². The average molecular weight is 728 g/mol. The Morgan fingerprint density at radius 1 is 0.246 bits per heavy atom. The molecule has 2 heterocycles. The number of hydrogen-bond donors (Lipinski definition) is 0. The van der Waals surface area contributed by atoms with E-state index >= 15 is 0 Å². The molecule has 0 N–H and O–H groups in total. The van der Waals surface area contributed by atoms with E-state index in [-0.39, 0.29) is 0 Å². The second-order valence-corrected chi connectivity index (χ2v) is 14.6. The molecule has 0 atom stereocenters. The highest BCUT2D eigenvalue weighted by atomic mass is 15.1. The minimum Gasteiger partial charge on any atom is -0.310 e. The molecule has 268 valence electrons. The van der Waals surface area contributed by atoms with Gasteiger partial charge < -0.3 is 14.0 Å². The summed E-state index contributed by atoms with van der Waals surface area (Å²) in [7, 11) is 0. The van der Waals surface area contributed by atoms with E-state index in [9.17, 15) is 0 Å². The number of benzene rings is 9. The van der Waals surface area contributed by atoms with Crippen molar-refractivity contribution in [3.05, 3.63) is 224 Å². The third kappa shape index (κ3) is 5.60. The van der Waals surface area contributed by atoms with Crippen LogP contribution in [0.25, 0.3) is 77.2 Å². The predicted molar refractivity (Wildman–Crippen MR) is 241 cm³/mol. The van der Waals surface area contributed by atoms with Gasteiger partial charge in [0.25, 0.3) is 0 Å². The first kappa shape index (κ1) is 32.8. The predicted octanol–water partition coefficient (Wildman–Crippen LogP) is 14.7. The van der Waals surface area contributed by atoms with E-state index in [1.807, 2.05) is 0 Å². The van der Waals surface area contributed by atoms with Crippen LogP contribution in [-0.4, -0.2) is 9.13 Å². The SMILES string of the molecule is c1ccc(-c2cccc(N(c3ccc(-c4ccc5c(c4)c4ccccc4n5-c4ccccc4)cc3)c3ccc(-n4c5ccccc5c5ccccc54)cc3)c2)cc1. The Kier molecular flexibility index (Phi) is 7.82. The molecule has 0 spiro atoms. The van der Waals surface area contributed by atoms with Gasteiger partial charge in [0.15, 0.2) is 0 Å². The van der Waals surface area contributed by atoms with Gasteiger partial charge in [-0.3, -0.25) is 0 Å². The molecule has 0 aliphatic rings. The molecule has 2 aromatic heterocycles. The normalized spacial score (nSPS) is 11.5. The molecule has 0 fully saturated rings. The van der Waals surface area contributed by atoms with Gasteiger partial charge in [-0.25, -0.2) is 0 Å². The summed E-state index contributed by atoms with van der Waals surface area (Å²) in [6.45, 7) is 0. The van der Waals surface area contributed by atoms with Gasteiger partial charge in [0.1, 0.15) is 0 Å². The van der Waals surface area contributed by atoms with E-state index in [4.69, 9.17) is 0 Å². The summed E-state index contributed by atoms with van der Waals surface area (Å²) >= 11 is 0. The molecule has 11 rings (SSSR count). The number of rotatable bonds is 7. The molecule has 11 aromatic rings. The first-order valence-corrected chi connectivity index (χ1v) is 19.5. The smallest absolute Gasteiger partial charge is 0.0541 e. The Hall–Kier alpha value is -7.62. The molecular weight excluding hydrogens is 691 g/mol. The molecule has 57 heavy (non-hydrogen) atoms. The average Bonchev–Trinajstić information content (AvgIpc) is 3.80. The second-order valence-electron chi connectivity index (χ2n) is 14.6. The zero-order chi connectivity index (χ0) is 37.7. The molecule has 0 radical (unpaired) electrons. The van der Waals surface area contributed by atoms with E-state index in [2.05, 4.69) is 238 Å². The third-order valence-electron chi connectivity index (χ3n) is 11.3. The van der Waals surface area contributed by atoms with Crippen LogP contribution in [0.4, 0.5) is 17.1 Å². The molecule has 3 nitrogen and oxygen atoms in total. The van der Waals surface area contributed by atoms with Crippen molar-refractivity contribution < 1.29 is 0 Å². The maximum atomic E-state index is 2.37. The quantitative estimate of drug-likeness (QED) is 0.159. The maximum absolute atomic E-state index is 2.37. The van der Waals surface area contributed by atoms with E-state index in [1.54, 1.807) is 0 Å². The van der Waals surface area contributed by atoms with E-state index < -0.39 is 0 Å². The topological polar surface area (TPSA) is 13.1 Å². The minimum atomic E-state index is 1.09. The van der Waals surface area contributed by atoms with Crippen LogP contribution in [0.2, 0.25) is 0 Å². The largest absolute Gasteiger partial charge is 0.310 e. The summed E-state index contributed by atoms with van der Waals surface area (Å²) in [5.74, 6) is 0. The highest BCUT2D eigenvalue weighted by Crippen LogP contribution is 2.40. The first-order valence-electron chi connectivity index (χ1n) is 19.5. The fourth-order valence-electron chi connectivity index (χ4n) is 8.66. The fourth-order valence-corrected chi connectivity index (χ4v) is 8.66. The number of anilines is 3. The van der Waals surface area contributed by atoms with Crippen molar-refractivity contribution in [2.75, 3.05) is 4.90 Å². The Labute approximate surface area is 331 Å². The van der Waals surface area contributed by atoms with Crippen LogP contribution >= 0.6 is 0 Å². The van der Waals surface area contributed by atoms with Crippen LogP contribution in [0.3, 0.4) is 0 Å².